The van der Waals surface area contributed by atoms with Gasteiger partial charge in [0, 0.05) is 17.9 Å². The molecule has 0 bridgehead atoms. The number of aromatic nitrogens is 3. The summed E-state index contributed by atoms with van der Waals surface area (Å²) in [6.07, 6.45) is -2.71. The van der Waals surface area contributed by atoms with Crippen LogP contribution in [0.15, 0.2) is 58.4 Å². The molecule has 12 heteroatoms. The molecule has 1 amide bonds. The van der Waals surface area contributed by atoms with Crippen molar-refractivity contribution < 1.29 is 26.4 Å². The van der Waals surface area contributed by atoms with Gasteiger partial charge in [-0.15, -0.1) is 0 Å². The Morgan fingerprint density at radius 1 is 1.17 bits per heavy atom. The fraction of sp³-hybridized carbons (Fsp3) is 0.118. The number of hydrogen-bond acceptors (Lipinski definition) is 5. The second-order valence-electron chi connectivity index (χ2n) is 5.99. The molecule has 0 saturated carbocycles. The maximum Gasteiger partial charge on any atom is 0.433 e. The number of amides is 1. The molecule has 2 N–H and O–H groups in total. The zero-order valence-corrected chi connectivity index (χ0v) is 15.5. The molecular formula is C17H13F3N4O4S. The highest BCUT2D eigenvalue weighted by Gasteiger charge is 2.35. The van der Waals surface area contributed by atoms with Crippen molar-refractivity contribution in [2.24, 2.45) is 0 Å². The molecule has 152 valence electrons. The Labute approximate surface area is 161 Å². The Bertz CT molecular complexity index is 1230. The predicted molar refractivity (Wildman–Crippen MR) is 96.7 cm³/mol. The normalized spacial score (nSPS) is 12.0. The van der Waals surface area contributed by atoms with Crippen molar-refractivity contribution >= 4 is 21.6 Å². The Morgan fingerprint density at radius 2 is 1.90 bits per heavy atom. The Morgan fingerprint density at radius 3 is 2.48 bits per heavy atom. The zero-order chi connectivity index (χ0) is 21.4. The predicted octanol–water partition coefficient (Wildman–Crippen LogP) is 2.24. The van der Waals surface area contributed by atoms with E-state index in [2.05, 4.69) is 10.3 Å². The maximum absolute atomic E-state index is 13.0. The molecule has 0 spiro atoms. The van der Waals surface area contributed by atoms with Crippen molar-refractivity contribution in [2.45, 2.75) is 11.1 Å². The number of hydrogen-bond donors (Lipinski definition) is 2. The van der Waals surface area contributed by atoms with Crippen LogP contribution in [0.5, 0.6) is 0 Å². The summed E-state index contributed by atoms with van der Waals surface area (Å²) >= 11 is 0. The highest BCUT2D eigenvalue weighted by molar-refractivity contribution is 7.90. The Balaban J connectivity index is 1.84. The SMILES string of the molecule is CS(=O)(=O)c1cccc(C(=O)Nc2ccc(-n3[nH]c(=O)cc3C(F)(F)F)cn2)c1. The highest BCUT2D eigenvalue weighted by Crippen LogP contribution is 2.29. The van der Waals surface area contributed by atoms with Gasteiger partial charge in [-0.1, -0.05) is 6.07 Å². The average Bonchev–Trinajstić information content (AvgIpc) is 3.04. The van der Waals surface area contributed by atoms with Gasteiger partial charge in [-0.2, -0.15) is 13.2 Å². The first-order chi connectivity index (χ1) is 13.4. The number of nitrogens with zero attached hydrogens (tertiary/aromatic N) is 2. The van der Waals surface area contributed by atoms with Crippen LogP contribution in [0.3, 0.4) is 0 Å². The van der Waals surface area contributed by atoms with Gasteiger partial charge in [0.05, 0.1) is 16.8 Å². The minimum atomic E-state index is -4.75. The summed E-state index contributed by atoms with van der Waals surface area (Å²) in [6.45, 7) is 0. The number of carbonyl (C=O) groups excluding carboxylic acids is 1. The van der Waals surface area contributed by atoms with E-state index in [0.29, 0.717) is 10.7 Å². The lowest BCUT2D eigenvalue weighted by atomic mass is 10.2. The molecule has 0 radical (unpaired) electrons. The van der Waals surface area contributed by atoms with Crippen LogP contribution in [0.25, 0.3) is 5.69 Å². The number of nitrogens with one attached hydrogen (secondary N) is 2. The first kappa shape index (κ1) is 20.3. The second-order valence-corrected chi connectivity index (χ2v) is 8.01. The summed E-state index contributed by atoms with van der Waals surface area (Å²) in [6, 6.07) is 8.23. The lowest BCUT2D eigenvalue weighted by molar-refractivity contribution is -0.142. The van der Waals surface area contributed by atoms with E-state index >= 15 is 0 Å². The van der Waals surface area contributed by atoms with E-state index in [-0.39, 0.29) is 22.0 Å². The lowest BCUT2D eigenvalue weighted by Gasteiger charge is -2.11. The third-order valence-electron chi connectivity index (χ3n) is 3.79. The van der Waals surface area contributed by atoms with Crippen molar-refractivity contribution in [1.82, 2.24) is 14.8 Å². The molecular weight excluding hydrogens is 413 g/mol. The van der Waals surface area contributed by atoms with Crippen molar-refractivity contribution in [3.63, 3.8) is 0 Å². The average molecular weight is 426 g/mol. The van der Waals surface area contributed by atoms with Crippen LogP contribution in [0, 0.1) is 0 Å². The minimum Gasteiger partial charge on any atom is -0.307 e. The molecule has 0 atom stereocenters. The highest BCUT2D eigenvalue weighted by atomic mass is 32.2. The van der Waals surface area contributed by atoms with Crippen LogP contribution < -0.4 is 10.9 Å². The molecule has 0 unspecified atom stereocenters. The van der Waals surface area contributed by atoms with Crippen molar-refractivity contribution in [3.05, 3.63) is 70.3 Å². The number of halogens is 3. The molecule has 2 aromatic heterocycles. The van der Waals surface area contributed by atoms with E-state index in [0.717, 1.165) is 12.5 Å². The molecule has 0 aliphatic heterocycles. The first-order valence-corrected chi connectivity index (χ1v) is 9.81. The summed E-state index contributed by atoms with van der Waals surface area (Å²) in [7, 11) is -3.50. The van der Waals surface area contributed by atoms with Gasteiger partial charge in [-0.3, -0.25) is 14.7 Å². The summed E-state index contributed by atoms with van der Waals surface area (Å²) in [5.41, 5.74) is -2.14. The van der Waals surface area contributed by atoms with Crippen LogP contribution in [-0.4, -0.2) is 35.3 Å². The molecule has 0 aliphatic carbocycles. The van der Waals surface area contributed by atoms with Gasteiger partial charge in [-0.05, 0) is 30.3 Å². The topological polar surface area (TPSA) is 114 Å². The number of sulfone groups is 1. The third-order valence-corrected chi connectivity index (χ3v) is 4.90. The largest absolute Gasteiger partial charge is 0.433 e. The summed E-state index contributed by atoms with van der Waals surface area (Å²) < 4.78 is 62.7. The van der Waals surface area contributed by atoms with Crippen LogP contribution in [0.1, 0.15) is 16.1 Å². The Hall–Kier alpha value is -3.41. The van der Waals surface area contributed by atoms with Gasteiger partial charge in [0.25, 0.3) is 11.5 Å². The summed E-state index contributed by atoms with van der Waals surface area (Å²) in [4.78, 5) is 27.4. The van der Waals surface area contributed by atoms with Gasteiger partial charge in [-0.25, -0.2) is 18.1 Å². The number of alkyl halides is 3. The number of aromatic amines is 1. The standard InChI is InChI=1S/C17H13F3N4O4S/c1-29(27,28)12-4-2-3-10(7-12)16(26)22-14-6-5-11(9-21-14)24-13(17(18,19)20)8-15(25)23-24/h2-9H,1H3,(H,23,25)(H,21,22,26). The van der Waals surface area contributed by atoms with Gasteiger partial charge in [0.15, 0.2) is 9.84 Å². The van der Waals surface area contributed by atoms with Crippen molar-refractivity contribution in [1.29, 1.82) is 0 Å². The number of pyridine rings is 1. The van der Waals surface area contributed by atoms with Gasteiger partial charge in [0.1, 0.15) is 11.5 Å². The molecule has 8 nitrogen and oxygen atoms in total. The number of benzene rings is 1. The molecule has 0 aliphatic rings. The molecule has 0 saturated heterocycles. The van der Waals surface area contributed by atoms with Gasteiger partial charge in [0.2, 0.25) is 0 Å². The van der Waals surface area contributed by atoms with Crippen LogP contribution in [-0.2, 0) is 16.0 Å². The summed E-state index contributed by atoms with van der Waals surface area (Å²) in [5.74, 6) is -0.632. The minimum absolute atomic E-state index is 0.0200. The fourth-order valence-electron chi connectivity index (χ4n) is 2.45. The van der Waals surface area contributed by atoms with E-state index < -0.39 is 33.2 Å². The number of rotatable bonds is 4. The van der Waals surface area contributed by atoms with Gasteiger partial charge >= 0.3 is 6.18 Å². The molecule has 1 aromatic carbocycles. The van der Waals surface area contributed by atoms with Crippen LogP contribution >= 0.6 is 0 Å². The van der Waals surface area contributed by atoms with E-state index in [4.69, 9.17) is 0 Å². The van der Waals surface area contributed by atoms with Crippen molar-refractivity contribution in [3.8, 4) is 5.69 Å². The second kappa shape index (κ2) is 7.20. The third kappa shape index (κ3) is 4.54. The smallest absolute Gasteiger partial charge is 0.307 e. The molecule has 2 heterocycles. The zero-order valence-electron chi connectivity index (χ0n) is 14.7. The monoisotopic (exact) mass is 426 g/mol. The Kier molecular flexibility index (Phi) is 5.05. The molecule has 3 aromatic rings. The number of carbonyl (C=O) groups is 1. The van der Waals surface area contributed by atoms with E-state index in [1.807, 2.05) is 5.10 Å². The summed E-state index contributed by atoms with van der Waals surface area (Å²) in [5, 5.41) is 4.45. The first-order valence-electron chi connectivity index (χ1n) is 7.92. The molecule has 29 heavy (non-hydrogen) atoms. The molecule has 3 rings (SSSR count). The van der Waals surface area contributed by atoms with E-state index in [1.165, 1.54) is 36.4 Å². The van der Waals surface area contributed by atoms with Crippen LogP contribution in [0.4, 0.5) is 19.0 Å². The van der Waals surface area contributed by atoms with Gasteiger partial charge < -0.3 is 5.32 Å². The number of anilines is 1. The van der Waals surface area contributed by atoms with Crippen LogP contribution in [0.2, 0.25) is 0 Å². The van der Waals surface area contributed by atoms with E-state index in [1.54, 1.807) is 0 Å². The lowest BCUT2D eigenvalue weighted by Crippen LogP contribution is -2.15. The maximum atomic E-state index is 13.0. The quantitative estimate of drug-likeness (QED) is 0.664. The number of H-pyrrole nitrogens is 1. The van der Waals surface area contributed by atoms with E-state index in [9.17, 15) is 31.2 Å². The fourth-order valence-corrected chi connectivity index (χ4v) is 3.12. The van der Waals surface area contributed by atoms with Crippen molar-refractivity contribution in [2.75, 3.05) is 11.6 Å². The molecule has 0 fully saturated rings.